The van der Waals surface area contributed by atoms with Gasteiger partial charge in [-0.15, -0.1) is 0 Å². The number of halogens is 1. The summed E-state index contributed by atoms with van der Waals surface area (Å²) in [5.41, 5.74) is 2.66. The maximum absolute atomic E-state index is 13.8. The van der Waals surface area contributed by atoms with Crippen molar-refractivity contribution in [3.8, 4) is 17.0 Å². The number of aromatic nitrogens is 2. The van der Waals surface area contributed by atoms with Gasteiger partial charge in [0, 0.05) is 31.3 Å². The first-order valence-electron chi connectivity index (χ1n) is 11.6. The molecule has 34 heavy (non-hydrogen) atoms. The number of nitrogens with zero attached hydrogens (tertiary/aromatic N) is 3. The molecule has 5 rings (SSSR count). The highest BCUT2D eigenvalue weighted by atomic mass is 19.1. The smallest absolute Gasteiger partial charge is 0.392 e. The van der Waals surface area contributed by atoms with Crippen LogP contribution in [0.15, 0.2) is 54.6 Å². The fraction of sp³-hybridized carbons (Fsp3) is 0.346. The van der Waals surface area contributed by atoms with Gasteiger partial charge in [-0.05, 0) is 61.4 Å². The summed E-state index contributed by atoms with van der Waals surface area (Å²) >= 11 is 0. The van der Waals surface area contributed by atoms with Crippen molar-refractivity contribution in [1.29, 1.82) is 0 Å². The summed E-state index contributed by atoms with van der Waals surface area (Å²) in [5.74, 6) is 0.769. The molecule has 1 aliphatic heterocycles. The first-order valence-corrected chi connectivity index (χ1v) is 11.6. The van der Waals surface area contributed by atoms with Crippen LogP contribution < -0.4 is 10.1 Å². The van der Waals surface area contributed by atoms with Crippen LogP contribution >= 0.6 is 0 Å². The van der Waals surface area contributed by atoms with Crippen LogP contribution in [0.2, 0.25) is 0 Å². The van der Waals surface area contributed by atoms with E-state index in [0.717, 1.165) is 12.1 Å². The van der Waals surface area contributed by atoms with E-state index in [1.165, 1.54) is 12.1 Å². The molecule has 1 aromatic heterocycles. The summed E-state index contributed by atoms with van der Waals surface area (Å²) < 4.78 is 20.9. The molecule has 2 heterocycles. The van der Waals surface area contributed by atoms with E-state index < -0.39 is 6.09 Å². The molecule has 0 spiro atoms. The lowest BCUT2D eigenvalue weighted by atomic mass is 9.98. The van der Waals surface area contributed by atoms with Gasteiger partial charge in [0.15, 0.2) is 0 Å². The number of likely N-dealkylation sites (tertiary alicyclic amines) is 1. The highest BCUT2D eigenvalue weighted by molar-refractivity contribution is 6.01. The molecule has 0 bridgehead atoms. The van der Waals surface area contributed by atoms with Crippen LogP contribution in [0.1, 0.15) is 29.4 Å². The van der Waals surface area contributed by atoms with Gasteiger partial charge in [0.25, 0.3) is 5.91 Å². The summed E-state index contributed by atoms with van der Waals surface area (Å²) in [4.78, 5) is 27.9. The number of hydrogen-bond acceptors (Lipinski definition) is 4. The highest BCUT2D eigenvalue weighted by Crippen LogP contribution is 2.50. The molecule has 1 N–H and O–H groups in total. The van der Waals surface area contributed by atoms with Gasteiger partial charge in [0.2, 0.25) is 5.88 Å². The van der Waals surface area contributed by atoms with Crippen LogP contribution in [0.5, 0.6) is 5.88 Å². The van der Waals surface area contributed by atoms with Gasteiger partial charge in [0.05, 0.1) is 11.7 Å². The fourth-order valence-corrected chi connectivity index (χ4v) is 4.95. The van der Waals surface area contributed by atoms with Crippen LogP contribution in [0.25, 0.3) is 11.1 Å². The summed E-state index contributed by atoms with van der Waals surface area (Å²) in [7, 11) is 0. The zero-order valence-electron chi connectivity index (χ0n) is 19.2. The largest absolute Gasteiger partial charge is 0.414 e. The van der Waals surface area contributed by atoms with Gasteiger partial charge in [0.1, 0.15) is 5.82 Å². The summed E-state index contributed by atoms with van der Waals surface area (Å²) in [6.45, 7) is 5.33. The van der Waals surface area contributed by atoms with Crippen molar-refractivity contribution < 1.29 is 18.7 Å². The van der Waals surface area contributed by atoms with Gasteiger partial charge in [-0.1, -0.05) is 30.3 Å². The lowest BCUT2D eigenvalue weighted by Gasteiger charge is -2.28. The number of carbonyl (C=O) groups is 2. The topological polar surface area (TPSA) is 76.5 Å². The van der Waals surface area contributed by atoms with Crippen LogP contribution in [0.4, 0.5) is 9.18 Å². The third kappa shape index (κ3) is 4.27. The Hall–Kier alpha value is -3.68. The second-order valence-electron chi connectivity index (χ2n) is 8.95. The molecule has 0 unspecified atom stereocenters. The van der Waals surface area contributed by atoms with E-state index in [-0.39, 0.29) is 17.8 Å². The monoisotopic (exact) mass is 462 g/mol. The standard InChI is InChI=1S/C26H27FN4O3/c1-3-31-24(11-16(2)29-31)34-26(33)28-14-23-22-13-18(22)15-30(23)25(32)21-10-5-4-9-20(21)17-7-6-8-19(27)12-17/h4-12,18,22-23H,3,13-15H2,1-2H3,(H,28,33)/t18-,22-,23+/m0/s1. The Bertz CT molecular complexity index is 1240. The number of benzene rings is 2. The van der Waals surface area contributed by atoms with Crippen molar-refractivity contribution >= 4 is 12.0 Å². The molecule has 1 aliphatic carbocycles. The van der Waals surface area contributed by atoms with Gasteiger partial charge >= 0.3 is 6.09 Å². The third-order valence-electron chi connectivity index (χ3n) is 6.67. The average molecular weight is 463 g/mol. The van der Waals surface area contributed by atoms with E-state index in [0.29, 0.717) is 54.0 Å². The fourth-order valence-electron chi connectivity index (χ4n) is 4.95. The molecular formula is C26H27FN4O3. The van der Waals surface area contributed by atoms with Gasteiger partial charge in [-0.3, -0.25) is 4.79 Å². The Balaban J connectivity index is 1.30. The number of hydrogen-bond donors (Lipinski definition) is 1. The predicted molar refractivity (Wildman–Crippen MR) is 125 cm³/mol. The summed E-state index contributed by atoms with van der Waals surface area (Å²) in [6, 6.07) is 15.1. The maximum atomic E-state index is 13.8. The van der Waals surface area contributed by atoms with Crippen LogP contribution in [-0.4, -0.2) is 45.8 Å². The van der Waals surface area contributed by atoms with E-state index in [1.54, 1.807) is 28.9 Å². The number of ether oxygens (including phenoxy) is 1. The molecule has 3 aromatic rings. The second-order valence-corrected chi connectivity index (χ2v) is 8.95. The maximum Gasteiger partial charge on any atom is 0.414 e. The molecule has 3 atom stereocenters. The molecule has 7 nitrogen and oxygen atoms in total. The number of piperidine rings is 1. The number of rotatable bonds is 6. The lowest BCUT2D eigenvalue weighted by molar-refractivity contribution is 0.0705. The Labute approximate surface area is 197 Å². The SMILES string of the molecule is CCn1nc(C)cc1OC(=O)NC[C@@H]1[C@H]2C[C@H]2CN1C(=O)c1ccccc1-c1cccc(F)c1. The van der Waals surface area contributed by atoms with E-state index in [1.807, 2.05) is 36.9 Å². The third-order valence-corrected chi connectivity index (χ3v) is 6.67. The number of nitrogens with one attached hydrogen (secondary N) is 1. The molecule has 1 saturated heterocycles. The van der Waals surface area contributed by atoms with Gasteiger partial charge in [-0.2, -0.15) is 5.10 Å². The Morgan fingerprint density at radius 2 is 2.00 bits per heavy atom. The number of carbonyl (C=O) groups excluding carboxylic acids is 2. The predicted octanol–water partition coefficient (Wildman–Crippen LogP) is 4.27. The minimum atomic E-state index is -0.564. The molecule has 1 saturated carbocycles. The van der Waals surface area contributed by atoms with Crippen LogP contribution in [0, 0.1) is 24.6 Å². The number of amides is 2. The molecule has 2 fully saturated rings. The number of fused-ring (bicyclic) bond motifs is 1. The van der Waals surface area contributed by atoms with Crippen molar-refractivity contribution in [2.24, 2.45) is 11.8 Å². The van der Waals surface area contributed by atoms with Crippen LogP contribution in [0.3, 0.4) is 0 Å². The first-order chi connectivity index (χ1) is 16.4. The van der Waals surface area contributed by atoms with E-state index in [9.17, 15) is 14.0 Å². The first kappa shape index (κ1) is 22.1. The van der Waals surface area contributed by atoms with Crippen molar-refractivity contribution in [2.75, 3.05) is 13.1 Å². The van der Waals surface area contributed by atoms with Crippen molar-refractivity contribution in [3.63, 3.8) is 0 Å². The molecule has 8 heteroatoms. The second kappa shape index (κ2) is 8.93. The van der Waals surface area contributed by atoms with Gasteiger partial charge in [-0.25, -0.2) is 13.9 Å². The summed E-state index contributed by atoms with van der Waals surface area (Å²) in [6.07, 6.45) is 0.490. The Morgan fingerprint density at radius 3 is 2.79 bits per heavy atom. The molecule has 176 valence electrons. The van der Waals surface area contributed by atoms with Gasteiger partial charge < -0.3 is 15.0 Å². The minimum absolute atomic E-state index is 0.105. The Kier molecular flexibility index (Phi) is 5.81. The van der Waals surface area contributed by atoms with Crippen molar-refractivity contribution in [2.45, 2.75) is 32.9 Å². The van der Waals surface area contributed by atoms with Crippen molar-refractivity contribution in [3.05, 3.63) is 71.7 Å². The zero-order chi connectivity index (χ0) is 23.8. The normalized spacial score (nSPS) is 20.7. The zero-order valence-corrected chi connectivity index (χ0v) is 19.2. The molecular weight excluding hydrogens is 435 g/mol. The van der Waals surface area contributed by atoms with E-state index >= 15 is 0 Å². The molecule has 2 aromatic carbocycles. The number of aryl methyl sites for hydroxylation is 2. The average Bonchev–Trinajstić information content (AvgIpc) is 3.37. The van der Waals surface area contributed by atoms with E-state index in [2.05, 4.69) is 10.4 Å². The minimum Gasteiger partial charge on any atom is -0.392 e. The van der Waals surface area contributed by atoms with Crippen LogP contribution in [-0.2, 0) is 6.54 Å². The molecule has 2 aliphatic rings. The lowest BCUT2D eigenvalue weighted by Crippen LogP contribution is -2.46. The molecule has 0 radical (unpaired) electrons. The Morgan fingerprint density at radius 1 is 1.18 bits per heavy atom. The summed E-state index contributed by atoms with van der Waals surface area (Å²) in [5, 5.41) is 7.12. The highest BCUT2D eigenvalue weighted by Gasteiger charge is 2.54. The molecule has 2 amide bonds. The van der Waals surface area contributed by atoms with Crippen molar-refractivity contribution in [1.82, 2.24) is 20.0 Å². The quantitative estimate of drug-likeness (QED) is 0.594. The van der Waals surface area contributed by atoms with E-state index in [4.69, 9.17) is 4.74 Å².